The smallest absolute Gasteiger partial charge is 0.408 e. The van der Waals surface area contributed by atoms with Crippen LogP contribution in [0.3, 0.4) is 0 Å². The van der Waals surface area contributed by atoms with E-state index in [1.165, 1.54) is 0 Å². The number of aromatic amines is 1. The van der Waals surface area contributed by atoms with E-state index in [9.17, 15) is 9.59 Å². The van der Waals surface area contributed by atoms with Crippen LogP contribution >= 0.6 is 11.6 Å². The summed E-state index contributed by atoms with van der Waals surface area (Å²) in [6.45, 7) is 0. The molecule has 0 unspecified atom stereocenters. The van der Waals surface area contributed by atoms with Crippen molar-refractivity contribution < 1.29 is 9.21 Å². The molecule has 2 aromatic heterocycles. The molecule has 172 valence electrons. The van der Waals surface area contributed by atoms with Gasteiger partial charge in [0, 0.05) is 46.8 Å². The van der Waals surface area contributed by atoms with Gasteiger partial charge in [0.05, 0.1) is 22.5 Å². The number of nitrogens with one attached hydrogen (secondary N) is 3. The highest BCUT2D eigenvalue weighted by molar-refractivity contribution is 6.38. The van der Waals surface area contributed by atoms with Gasteiger partial charge in [0.2, 0.25) is 0 Å². The molecule has 0 atom stereocenters. The first kappa shape index (κ1) is 21.0. The number of amides is 1. The Morgan fingerprint density at radius 2 is 1.89 bits per heavy atom. The lowest BCUT2D eigenvalue weighted by atomic mass is 9.99. The van der Waals surface area contributed by atoms with Crippen LogP contribution in [0, 0.1) is 0 Å². The number of H-pyrrole nitrogens is 1. The molecule has 0 bridgehead atoms. The number of hydrogen-bond donors (Lipinski definition) is 3. The number of imidazole rings is 1. The summed E-state index contributed by atoms with van der Waals surface area (Å²) in [6.07, 6.45) is 3.64. The van der Waals surface area contributed by atoms with E-state index < -0.39 is 5.76 Å². The number of halogens is 1. The van der Waals surface area contributed by atoms with Gasteiger partial charge in [-0.25, -0.2) is 9.78 Å². The van der Waals surface area contributed by atoms with E-state index >= 15 is 0 Å². The van der Waals surface area contributed by atoms with Gasteiger partial charge in [0.1, 0.15) is 5.82 Å². The molecule has 8 nitrogen and oxygen atoms in total. The van der Waals surface area contributed by atoms with Gasteiger partial charge in [-0.2, -0.15) is 0 Å². The van der Waals surface area contributed by atoms with E-state index in [1.54, 1.807) is 36.5 Å². The maximum absolute atomic E-state index is 13.1. The lowest BCUT2D eigenvalue weighted by molar-refractivity contribution is -0.110. The average molecular weight is 484 g/mol. The molecule has 5 aromatic rings. The number of aromatic nitrogens is 3. The van der Waals surface area contributed by atoms with Crippen molar-refractivity contribution in [2.45, 2.75) is 0 Å². The fourth-order valence-electron chi connectivity index (χ4n) is 4.27. The number of hydrogen-bond acceptors (Lipinski definition) is 5. The molecular weight excluding hydrogens is 466 g/mol. The van der Waals surface area contributed by atoms with E-state index in [1.807, 2.05) is 48.1 Å². The lowest BCUT2D eigenvalue weighted by Crippen LogP contribution is -2.10. The zero-order chi connectivity index (χ0) is 24.1. The Morgan fingerprint density at radius 1 is 1.06 bits per heavy atom. The van der Waals surface area contributed by atoms with E-state index in [4.69, 9.17) is 16.0 Å². The van der Waals surface area contributed by atoms with E-state index in [0.29, 0.717) is 38.6 Å². The summed E-state index contributed by atoms with van der Waals surface area (Å²) in [5, 5.41) is 6.84. The lowest BCUT2D eigenvalue weighted by Gasteiger charge is -2.15. The van der Waals surface area contributed by atoms with Crippen LogP contribution in [-0.2, 0) is 11.8 Å². The van der Waals surface area contributed by atoms with E-state index in [2.05, 4.69) is 20.6 Å². The number of rotatable bonds is 4. The Balaban J connectivity index is 1.49. The first-order valence-electron chi connectivity index (χ1n) is 10.8. The van der Waals surface area contributed by atoms with E-state index in [0.717, 1.165) is 22.6 Å². The zero-order valence-electron chi connectivity index (χ0n) is 18.4. The number of carbonyl (C=O) groups is 1. The van der Waals surface area contributed by atoms with Gasteiger partial charge in [0.25, 0.3) is 5.91 Å². The highest BCUT2D eigenvalue weighted by Gasteiger charge is 2.29. The van der Waals surface area contributed by atoms with Gasteiger partial charge < -0.3 is 19.6 Å². The predicted molar refractivity (Wildman–Crippen MR) is 136 cm³/mol. The van der Waals surface area contributed by atoms with Gasteiger partial charge in [-0.05, 0) is 54.6 Å². The molecule has 9 heteroatoms. The Labute approximate surface area is 203 Å². The molecule has 1 amide bonds. The molecule has 0 radical (unpaired) electrons. The molecule has 3 N–H and O–H groups in total. The number of nitrogens with zero attached hydrogens (tertiary/aromatic N) is 2. The number of anilines is 2. The summed E-state index contributed by atoms with van der Waals surface area (Å²) < 4.78 is 7.09. The third kappa shape index (κ3) is 3.70. The SMILES string of the molecule is Cn1ccnc1-c1ccc(N/C(=C2\C(=O)Nc3cc(Cl)ccc32)c2ccc3oc(=O)[nH]c3c2)cc1. The van der Waals surface area contributed by atoms with Crippen molar-refractivity contribution in [2.75, 3.05) is 10.6 Å². The topological polar surface area (TPSA) is 105 Å². The largest absolute Gasteiger partial charge is 0.417 e. The normalized spacial score (nSPS) is 14.2. The van der Waals surface area contributed by atoms with Crippen LogP contribution < -0.4 is 16.4 Å². The standard InChI is InChI=1S/C26H18ClN5O3/c1-32-11-10-28-24(32)14-2-6-17(7-3-14)29-23(15-4-9-21-20(12-15)31-26(34)35-21)22-18-8-5-16(27)13-19(18)30-25(22)33/h2-13,29H,1H3,(H,30,33)(H,31,34)/b23-22-. The minimum absolute atomic E-state index is 0.254. The predicted octanol–water partition coefficient (Wildman–Crippen LogP) is 5.11. The molecular formula is C26H18ClN5O3. The summed E-state index contributed by atoms with van der Waals surface area (Å²) in [5.41, 5.74) is 5.84. The Bertz CT molecular complexity index is 1710. The van der Waals surface area contributed by atoms with Gasteiger partial charge in [-0.3, -0.25) is 9.78 Å². The summed E-state index contributed by atoms with van der Waals surface area (Å²) in [7, 11) is 1.94. The zero-order valence-corrected chi connectivity index (χ0v) is 19.2. The van der Waals surface area contributed by atoms with Crippen LogP contribution in [0.1, 0.15) is 11.1 Å². The Kier molecular flexibility index (Phi) is 4.82. The van der Waals surface area contributed by atoms with Crippen LogP contribution in [0.15, 0.2) is 82.3 Å². The first-order chi connectivity index (χ1) is 17.0. The number of aryl methyl sites for hydroxylation is 1. The molecule has 0 fully saturated rings. The fourth-order valence-corrected chi connectivity index (χ4v) is 4.44. The first-order valence-corrected chi connectivity index (χ1v) is 11.2. The molecule has 0 spiro atoms. The van der Waals surface area contributed by atoms with Crippen molar-refractivity contribution in [1.82, 2.24) is 14.5 Å². The van der Waals surface area contributed by atoms with Gasteiger partial charge in [-0.15, -0.1) is 0 Å². The quantitative estimate of drug-likeness (QED) is 0.308. The summed E-state index contributed by atoms with van der Waals surface area (Å²) in [4.78, 5) is 31.9. The van der Waals surface area contributed by atoms with E-state index in [-0.39, 0.29) is 5.91 Å². The second kappa shape index (κ2) is 8.03. The van der Waals surface area contributed by atoms with Crippen LogP contribution in [0.25, 0.3) is 33.8 Å². The third-order valence-corrected chi connectivity index (χ3v) is 6.15. The Morgan fingerprint density at radius 3 is 2.66 bits per heavy atom. The number of fused-ring (bicyclic) bond motifs is 2. The second-order valence-electron chi connectivity index (χ2n) is 8.18. The fraction of sp³-hybridized carbons (Fsp3) is 0.0385. The number of oxazole rings is 1. The van der Waals surface area contributed by atoms with Crippen LogP contribution in [0.4, 0.5) is 11.4 Å². The van der Waals surface area contributed by atoms with Crippen molar-refractivity contribution in [3.05, 3.63) is 99.8 Å². The highest BCUT2D eigenvalue weighted by atomic mass is 35.5. The minimum atomic E-state index is -0.539. The van der Waals surface area contributed by atoms with Crippen molar-refractivity contribution in [3.8, 4) is 11.4 Å². The van der Waals surface area contributed by atoms with Gasteiger partial charge in [0.15, 0.2) is 5.58 Å². The molecule has 1 aliphatic heterocycles. The van der Waals surface area contributed by atoms with Crippen LogP contribution in [0.5, 0.6) is 0 Å². The molecule has 1 aliphatic rings. The minimum Gasteiger partial charge on any atom is -0.408 e. The molecule has 0 saturated heterocycles. The molecule has 3 aromatic carbocycles. The number of benzene rings is 3. The Hall–Kier alpha value is -4.56. The van der Waals surface area contributed by atoms with Crippen molar-refractivity contribution in [2.24, 2.45) is 7.05 Å². The van der Waals surface area contributed by atoms with Crippen LogP contribution in [0.2, 0.25) is 5.02 Å². The van der Waals surface area contributed by atoms with Crippen molar-refractivity contribution in [3.63, 3.8) is 0 Å². The number of carbonyl (C=O) groups excluding carboxylic acids is 1. The van der Waals surface area contributed by atoms with Gasteiger partial charge in [-0.1, -0.05) is 17.7 Å². The average Bonchev–Trinajstić information content (AvgIpc) is 3.52. The van der Waals surface area contributed by atoms with Crippen LogP contribution in [-0.4, -0.2) is 20.4 Å². The maximum Gasteiger partial charge on any atom is 0.417 e. The molecule has 0 aliphatic carbocycles. The highest BCUT2D eigenvalue weighted by Crippen LogP contribution is 2.39. The summed E-state index contributed by atoms with van der Waals surface area (Å²) in [6, 6.07) is 18.3. The summed E-state index contributed by atoms with van der Waals surface area (Å²) >= 11 is 6.15. The molecule has 3 heterocycles. The van der Waals surface area contributed by atoms with Crippen molar-refractivity contribution >= 4 is 51.3 Å². The third-order valence-electron chi connectivity index (χ3n) is 5.92. The second-order valence-corrected chi connectivity index (χ2v) is 8.62. The summed E-state index contributed by atoms with van der Waals surface area (Å²) in [5.74, 6) is 0.0587. The molecule has 6 rings (SSSR count). The van der Waals surface area contributed by atoms with Crippen molar-refractivity contribution in [1.29, 1.82) is 0 Å². The maximum atomic E-state index is 13.1. The van der Waals surface area contributed by atoms with Gasteiger partial charge >= 0.3 is 5.76 Å². The molecule has 35 heavy (non-hydrogen) atoms. The molecule has 0 saturated carbocycles. The monoisotopic (exact) mass is 483 g/mol.